The highest BCUT2D eigenvalue weighted by atomic mass is 16.5. The maximum atomic E-state index is 8.90. The lowest BCUT2D eigenvalue weighted by Gasteiger charge is -2.07. The Morgan fingerprint density at radius 3 is 2.18 bits per heavy atom. The van der Waals surface area contributed by atoms with Crippen molar-refractivity contribution in [2.45, 2.75) is 38.9 Å². The molecular weight excluding hydrogens is 144 g/mol. The van der Waals surface area contributed by atoms with Gasteiger partial charge >= 0.3 is 0 Å². The molecule has 1 heterocycles. The van der Waals surface area contributed by atoms with Gasteiger partial charge in [-0.15, -0.1) is 0 Å². The molecule has 11 heavy (non-hydrogen) atoms. The van der Waals surface area contributed by atoms with Crippen molar-refractivity contribution in [2.75, 3.05) is 13.2 Å². The van der Waals surface area contributed by atoms with Gasteiger partial charge in [-0.25, -0.2) is 0 Å². The second-order valence-electron chi connectivity index (χ2n) is 2.65. The first kappa shape index (κ1) is 10.9. The Morgan fingerprint density at radius 2 is 2.00 bits per heavy atom. The Kier molecular flexibility index (Phi) is 6.51. The van der Waals surface area contributed by atoms with Gasteiger partial charge in [-0.05, 0) is 6.42 Å². The molecule has 0 spiro atoms. The zero-order valence-corrected chi connectivity index (χ0v) is 7.29. The van der Waals surface area contributed by atoms with Gasteiger partial charge in [0.05, 0.1) is 12.7 Å². The van der Waals surface area contributed by atoms with Crippen molar-refractivity contribution in [3.63, 3.8) is 0 Å². The van der Waals surface area contributed by atoms with E-state index in [0.717, 1.165) is 0 Å². The first-order valence-electron chi connectivity index (χ1n) is 4.16. The van der Waals surface area contributed by atoms with Gasteiger partial charge in [-0.1, -0.05) is 20.3 Å². The van der Waals surface area contributed by atoms with Crippen molar-refractivity contribution in [3.8, 4) is 0 Å². The molecule has 1 fully saturated rings. The van der Waals surface area contributed by atoms with E-state index in [4.69, 9.17) is 14.9 Å². The van der Waals surface area contributed by atoms with Crippen LogP contribution in [0, 0.1) is 0 Å². The summed E-state index contributed by atoms with van der Waals surface area (Å²) >= 11 is 0. The van der Waals surface area contributed by atoms with Crippen LogP contribution in [0.3, 0.4) is 0 Å². The quantitative estimate of drug-likeness (QED) is 0.592. The summed E-state index contributed by atoms with van der Waals surface area (Å²) in [7, 11) is 0. The molecule has 0 amide bonds. The van der Waals surface area contributed by atoms with Crippen LogP contribution in [0.4, 0.5) is 0 Å². The van der Waals surface area contributed by atoms with E-state index >= 15 is 0 Å². The molecule has 1 aliphatic rings. The number of aliphatic hydroxyl groups is 2. The summed E-state index contributed by atoms with van der Waals surface area (Å²) in [5.41, 5.74) is 0. The minimum Gasteiger partial charge on any atom is -0.394 e. The first-order chi connectivity index (χ1) is 5.26. The van der Waals surface area contributed by atoms with E-state index in [1.807, 2.05) is 0 Å². The van der Waals surface area contributed by atoms with Crippen molar-refractivity contribution in [1.29, 1.82) is 0 Å². The molecule has 2 unspecified atom stereocenters. The van der Waals surface area contributed by atoms with Gasteiger partial charge in [0.1, 0.15) is 6.10 Å². The van der Waals surface area contributed by atoms with Gasteiger partial charge < -0.3 is 14.9 Å². The lowest BCUT2D eigenvalue weighted by Crippen LogP contribution is -2.24. The summed E-state index contributed by atoms with van der Waals surface area (Å²) in [6.07, 6.45) is 1.14. The Bertz CT molecular complexity index is 85.4. The summed E-state index contributed by atoms with van der Waals surface area (Å²) in [5, 5.41) is 17.4. The van der Waals surface area contributed by atoms with E-state index < -0.39 is 6.10 Å². The fourth-order valence-corrected chi connectivity index (χ4v) is 0.812. The highest BCUT2D eigenvalue weighted by molar-refractivity contribution is 4.73. The smallest absolute Gasteiger partial charge is 0.106 e. The van der Waals surface area contributed by atoms with Crippen LogP contribution >= 0.6 is 0 Å². The molecular formula is C8H18O3. The fraction of sp³-hybridized carbons (Fsp3) is 1.00. The Hall–Kier alpha value is -0.120. The fourth-order valence-electron chi connectivity index (χ4n) is 0.812. The minimum absolute atomic E-state index is 0.0683. The predicted octanol–water partition coefficient (Wildman–Crippen LogP) is 0.545. The molecule has 68 valence electrons. The van der Waals surface area contributed by atoms with E-state index in [1.165, 1.54) is 6.42 Å². The van der Waals surface area contributed by atoms with Gasteiger partial charge in [-0.2, -0.15) is 0 Å². The lowest BCUT2D eigenvalue weighted by molar-refractivity contribution is 0.00406. The third-order valence-electron chi connectivity index (χ3n) is 1.35. The van der Waals surface area contributed by atoms with Crippen LogP contribution in [0.5, 0.6) is 0 Å². The molecule has 0 bridgehead atoms. The highest BCUT2D eigenvalue weighted by Crippen LogP contribution is 2.11. The van der Waals surface area contributed by atoms with Crippen LogP contribution in [0.25, 0.3) is 0 Å². The van der Waals surface area contributed by atoms with Crippen LogP contribution in [0.15, 0.2) is 0 Å². The molecule has 3 nitrogen and oxygen atoms in total. The molecule has 1 saturated heterocycles. The van der Waals surface area contributed by atoms with E-state index in [1.54, 1.807) is 0 Å². The number of ether oxygens (including phenoxy) is 1. The molecule has 0 aromatic heterocycles. The second kappa shape index (κ2) is 6.58. The van der Waals surface area contributed by atoms with Crippen LogP contribution < -0.4 is 0 Å². The van der Waals surface area contributed by atoms with Crippen molar-refractivity contribution < 1.29 is 14.9 Å². The zero-order valence-electron chi connectivity index (χ0n) is 7.29. The molecule has 0 aliphatic carbocycles. The summed E-state index contributed by atoms with van der Waals surface area (Å²) in [6.45, 7) is 4.76. The van der Waals surface area contributed by atoms with Crippen molar-refractivity contribution in [1.82, 2.24) is 0 Å². The van der Waals surface area contributed by atoms with Crippen LogP contribution in [0.1, 0.15) is 26.7 Å². The molecule has 0 aromatic rings. The number of aliphatic hydroxyl groups excluding tert-OH is 2. The van der Waals surface area contributed by atoms with Crippen LogP contribution in [-0.4, -0.2) is 35.6 Å². The molecule has 0 aromatic carbocycles. The summed E-state index contributed by atoms with van der Waals surface area (Å²) in [4.78, 5) is 0. The highest BCUT2D eigenvalue weighted by Gasteiger charge is 2.24. The average Bonchev–Trinajstić information content (AvgIpc) is 2.36. The number of hydrogen-bond donors (Lipinski definition) is 2. The zero-order chi connectivity index (χ0) is 8.69. The van der Waals surface area contributed by atoms with Crippen LogP contribution in [-0.2, 0) is 4.74 Å². The molecule has 2 atom stereocenters. The lowest BCUT2D eigenvalue weighted by atomic mass is 10.2. The molecule has 3 heteroatoms. The SMILES string of the molecule is CCC.OCC1OCCC1O. The van der Waals surface area contributed by atoms with Gasteiger partial charge in [0.25, 0.3) is 0 Å². The second-order valence-corrected chi connectivity index (χ2v) is 2.65. The van der Waals surface area contributed by atoms with Gasteiger partial charge in [-0.3, -0.25) is 0 Å². The Balaban J connectivity index is 0.000000292. The van der Waals surface area contributed by atoms with Crippen LogP contribution in [0.2, 0.25) is 0 Å². The van der Waals surface area contributed by atoms with Crippen molar-refractivity contribution in [3.05, 3.63) is 0 Å². The monoisotopic (exact) mass is 162 g/mol. The third kappa shape index (κ3) is 4.35. The summed E-state index contributed by atoms with van der Waals surface area (Å²) in [6, 6.07) is 0. The summed E-state index contributed by atoms with van der Waals surface area (Å²) < 4.78 is 4.91. The van der Waals surface area contributed by atoms with Gasteiger partial charge in [0.15, 0.2) is 0 Å². The normalized spacial score (nSPS) is 29.5. The standard InChI is InChI=1S/C5H10O3.C3H8/c6-3-5-4(7)1-2-8-5;1-3-2/h4-7H,1-3H2;3H2,1-2H3. The first-order valence-corrected chi connectivity index (χ1v) is 4.16. The van der Waals surface area contributed by atoms with E-state index in [-0.39, 0.29) is 12.7 Å². The van der Waals surface area contributed by atoms with Gasteiger partial charge in [0.2, 0.25) is 0 Å². The Labute approximate surface area is 68.0 Å². The average molecular weight is 162 g/mol. The molecule has 2 N–H and O–H groups in total. The summed E-state index contributed by atoms with van der Waals surface area (Å²) in [5.74, 6) is 0. The largest absolute Gasteiger partial charge is 0.394 e. The van der Waals surface area contributed by atoms with E-state index in [9.17, 15) is 0 Å². The Morgan fingerprint density at radius 1 is 1.45 bits per heavy atom. The van der Waals surface area contributed by atoms with Crippen molar-refractivity contribution in [2.24, 2.45) is 0 Å². The minimum atomic E-state index is -0.444. The maximum Gasteiger partial charge on any atom is 0.106 e. The number of hydrogen-bond acceptors (Lipinski definition) is 3. The molecule has 0 radical (unpaired) electrons. The predicted molar refractivity (Wildman–Crippen MR) is 43.4 cm³/mol. The molecule has 1 aliphatic heterocycles. The van der Waals surface area contributed by atoms with E-state index in [0.29, 0.717) is 13.0 Å². The topological polar surface area (TPSA) is 49.7 Å². The van der Waals surface area contributed by atoms with Crippen molar-refractivity contribution >= 4 is 0 Å². The molecule has 0 saturated carbocycles. The maximum absolute atomic E-state index is 8.90. The third-order valence-corrected chi connectivity index (χ3v) is 1.35. The number of rotatable bonds is 1. The van der Waals surface area contributed by atoms with E-state index in [2.05, 4.69) is 13.8 Å². The molecule has 1 rings (SSSR count). The van der Waals surface area contributed by atoms with Gasteiger partial charge in [0, 0.05) is 6.61 Å².